The molecule has 1 aromatic heterocycles. The van der Waals surface area contributed by atoms with E-state index in [0.29, 0.717) is 11.8 Å². The smallest absolute Gasteiger partial charge is 0.340 e. The van der Waals surface area contributed by atoms with Gasteiger partial charge in [-0.05, 0) is 23.4 Å². The monoisotopic (exact) mass is 285 g/mol. The molecule has 1 aromatic rings. The van der Waals surface area contributed by atoms with Crippen LogP contribution in [-0.2, 0) is 4.74 Å². The fourth-order valence-electron chi connectivity index (χ4n) is 0.816. The van der Waals surface area contributed by atoms with Crippen LogP contribution in [0.2, 0.25) is 0 Å². The van der Waals surface area contributed by atoms with Crippen LogP contribution in [0, 0.1) is 0 Å². The lowest BCUT2D eigenvalue weighted by Gasteiger charge is -1.99. The van der Waals surface area contributed by atoms with E-state index in [1.165, 1.54) is 12.5 Å². The molecule has 0 spiro atoms. The number of hydrogen-bond acceptors (Lipinski definition) is 5. The fraction of sp³-hybridized carbons (Fsp3) is 0.125. The van der Waals surface area contributed by atoms with E-state index < -0.39 is 16.4 Å². The lowest BCUT2D eigenvalue weighted by atomic mass is 10.3. The molecule has 16 heavy (non-hydrogen) atoms. The topological polar surface area (TPSA) is 52.3 Å². The molecule has 0 aliphatic carbocycles. The van der Waals surface area contributed by atoms with Crippen LogP contribution in [0.5, 0.6) is 0 Å². The molecule has 3 nitrogen and oxygen atoms in total. The van der Waals surface area contributed by atoms with E-state index in [4.69, 9.17) is 17.3 Å². The minimum atomic E-state index is -1.45. The molecule has 0 aliphatic rings. The molecular weight excluding hydrogens is 280 g/mol. The quantitative estimate of drug-likeness (QED) is 0.682. The lowest BCUT2D eigenvalue weighted by molar-refractivity contribution is 0.0602. The van der Waals surface area contributed by atoms with E-state index in [1.54, 1.807) is 0 Å². The Hall–Kier alpha value is -0.790. The highest BCUT2D eigenvalue weighted by Crippen LogP contribution is 2.40. The van der Waals surface area contributed by atoms with Crippen LogP contribution in [0.4, 0.5) is 14.5 Å². The molecule has 0 aliphatic heterocycles. The number of nitrogens with two attached hydrogens (primary N) is 1. The Morgan fingerprint density at radius 1 is 1.62 bits per heavy atom. The van der Waals surface area contributed by atoms with Crippen LogP contribution >= 0.6 is 34.7 Å². The van der Waals surface area contributed by atoms with Crippen molar-refractivity contribution in [1.82, 2.24) is 0 Å². The second kappa shape index (κ2) is 5.51. The van der Waals surface area contributed by atoms with Crippen molar-refractivity contribution >= 4 is 46.4 Å². The molecule has 1 rings (SSSR count). The first kappa shape index (κ1) is 13.3. The molecule has 1 heterocycles. The van der Waals surface area contributed by atoms with Gasteiger partial charge in [-0.25, -0.2) is 4.79 Å². The van der Waals surface area contributed by atoms with Gasteiger partial charge >= 0.3 is 5.97 Å². The van der Waals surface area contributed by atoms with E-state index in [0.717, 1.165) is 11.3 Å². The van der Waals surface area contributed by atoms with Gasteiger partial charge in [-0.1, -0.05) is 0 Å². The van der Waals surface area contributed by atoms with Gasteiger partial charge in [0.25, 0.3) is 0 Å². The number of halogens is 3. The molecule has 0 fully saturated rings. The van der Waals surface area contributed by atoms with Crippen molar-refractivity contribution in [2.45, 2.75) is 4.21 Å². The number of anilines is 1. The number of methoxy groups -OCH3 is 1. The maximum Gasteiger partial charge on any atom is 0.340 e. The minimum Gasteiger partial charge on any atom is -0.465 e. The van der Waals surface area contributed by atoms with Crippen molar-refractivity contribution in [1.29, 1.82) is 0 Å². The van der Waals surface area contributed by atoms with Gasteiger partial charge in [-0.3, -0.25) is 0 Å². The summed E-state index contributed by atoms with van der Waals surface area (Å²) in [5.74, 6) is -0.628. The molecular formula is C8H6ClF2NO2S2. The molecule has 0 amide bonds. The Bertz CT molecular complexity index is 443. The van der Waals surface area contributed by atoms with Crippen LogP contribution in [0.25, 0.3) is 0 Å². The Morgan fingerprint density at radius 2 is 2.25 bits per heavy atom. The first-order chi connectivity index (χ1) is 7.47. The lowest BCUT2D eigenvalue weighted by Crippen LogP contribution is -2.02. The van der Waals surface area contributed by atoms with Gasteiger partial charge in [0.1, 0.15) is 0 Å². The number of hydrogen-bond donors (Lipinski definition) is 1. The molecule has 0 aromatic carbocycles. The third-order valence-electron chi connectivity index (χ3n) is 1.53. The molecule has 2 N–H and O–H groups in total. The number of esters is 1. The van der Waals surface area contributed by atoms with Crippen LogP contribution < -0.4 is 5.73 Å². The van der Waals surface area contributed by atoms with Crippen molar-refractivity contribution in [2.75, 3.05) is 12.8 Å². The van der Waals surface area contributed by atoms with Crippen molar-refractivity contribution in [3.05, 3.63) is 21.4 Å². The maximum absolute atomic E-state index is 12.9. The third kappa shape index (κ3) is 2.87. The Labute approximate surface area is 103 Å². The second-order valence-electron chi connectivity index (χ2n) is 2.48. The predicted octanol–water partition coefficient (Wildman–Crippen LogP) is 3.51. The summed E-state index contributed by atoms with van der Waals surface area (Å²) in [6, 6.07) is 0. The van der Waals surface area contributed by atoms with Gasteiger partial charge in [0.05, 0.1) is 22.6 Å². The summed E-state index contributed by atoms with van der Waals surface area (Å²) in [4.78, 5) is 11.2. The summed E-state index contributed by atoms with van der Waals surface area (Å²) in [5, 5.41) is -1.24. The number of carbonyl (C=O) groups excluding carboxylic acids is 1. The second-order valence-corrected chi connectivity index (χ2v) is 4.92. The minimum absolute atomic E-state index is 0.0508. The predicted molar refractivity (Wildman–Crippen MR) is 61.0 cm³/mol. The molecule has 0 radical (unpaired) electrons. The number of thioether (sulfide) groups is 1. The molecule has 8 heteroatoms. The highest BCUT2D eigenvalue weighted by atomic mass is 35.5. The van der Waals surface area contributed by atoms with Gasteiger partial charge in [0.2, 0.25) is 10.4 Å². The Morgan fingerprint density at radius 3 is 2.75 bits per heavy atom. The summed E-state index contributed by atoms with van der Waals surface area (Å²) in [5.41, 5.74) is 5.74. The molecule has 0 saturated carbocycles. The number of carbonyl (C=O) groups is 1. The SMILES string of the molecule is COC(=O)c1csc(SC(F)=C(F)Cl)c1N. The average Bonchev–Trinajstić information content (AvgIpc) is 2.59. The molecule has 0 saturated heterocycles. The fourth-order valence-corrected chi connectivity index (χ4v) is 2.63. The zero-order valence-corrected chi connectivity index (χ0v) is 10.3. The van der Waals surface area contributed by atoms with Crippen LogP contribution in [0.3, 0.4) is 0 Å². The van der Waals surface area contributed by atoms with E-state index in [2.05, 4.69) is 4.74 Å². The number of thiophene rings is 1. The average molecular weight is 286 g/mol. The van der Waals surface area contributed by atoms with Gasteiger partial charge in [0.15, 0.2) is 0 Å². The zero-order valence-electron chi connectivity index (χ0n) is 7.92. The standard InChI is InChI=1S/C8H6ClF2NO2S2/c1-14-7(13)3-2-15-8(4(3)12)16-6(11)5(9)10/h2H,12H2,1H3. The van der Waals surface area contributed by atoms with E-state index in [-0.39, 0.29) is 15.5 Å². The summed E-state index contributed by atoms with van der Waals surface area (Å²) in [6.45, 7) is 0. The number of nitrogen functional groups attached to an aromatic ring is 1. The van der Waals surface area contributed by atoms with Gasteiger partial charge in [-0.2, -0.15) is 8.78 Å². The van der Waals surface area contributed by atoms with Crippen molar-refractivity contribution < 1.29 is 18.3 Å². The highest BCUT2D eigenvalue weighted by molar-refractivity contribution is 8.04. The van der Waals surface area contributed by atoms with E-state index in [1.807, 2.05) is 0 Å². The summed E-state index contributed by atoms with van der Waals surface area (Å²) in [7, 11) is 1.20. The van der Waals surface area contributed by atoms with Crippen LogP contribution in [0.1, 0.15) is 10.4 Å². The van der Waals surface area contributed by atoms with E-state index >= 15 is 0 Å². The van der Waals surface area contributed by atoms with Crippen molar-refractivity contribution in [3.8, 4) is 0 Å². The van der Waals surface area contributed by atoms with Crippen molar-refractivity contribution in [2.24, 2.45) is 0 Å². The molecule has 88 valence electrons. The number of rotatable bonds is 3. The largest absolute Gasteiger partial charge is 0.465 e. The van der Waals surface area contributed by atoms with Gasteiger partial charge < -0.3 is 10.5 Å². The molecule has 0 unspecified atom stereocenters. The van der Waals surface area contributed by atoms with Crippen LogP contribution in [-0.4, -0.2) is 13.1 Å². The zero-order chi connectivity index (χ0) is 12.3. The van der Waals surface area contributed by atoms with Gasteiger partial charge in [0, 0.05) is 5.38 Å². The molecule has 0 atom stereocenters. The maximum atomic E-state index is 12.9. The summed E-state index contributed by atoms with van der Waals surface area (Å²) < 4.78 is 29.8. The Kier molecular flexibility index (Phi) is 4.57. The third-order valence-corrected chi connectivity index (χ3v) is 3.90. The summed E-state index contributed by atoms with van der Waals surface area (Å²) in [6.07, 6.45) is 0. The first-order valence-electron chi connectivity index (χ1n) is 3.81. The highest BCUT2D eigenvalue weighted by Gasteiger charge is 2.18. The van der Waals surface area contributed by atoms with Crippen molar-refractivity contribution in [3.63, 3.8) is 0 Å². The van der Waals surface area contributed by atoms with E-state index in [9.17, 15) is 13.6 Å². The first-order valence-corrected chi connectivity index (χ1v) is 5.88. The normalized spacial score (nSPS) is 12.2. The summed E-state index contributed by atoms with van der Waals surface area (Å²) >= 11 is 6.24. The van der Waals surface area contributed by atoms with Gasteiger partial charge in [-0.15, -0.1) is 11.3 Å². The number of ether oxygens (including phenoxy) is 1. The molecule has 0 bridgehead atoms. The van der Waals surface area contributed by atoms with Crippen LogP contribution in [0.15, 0.2) is 20.0 Å². The Balaban J connectivity index is 2.97.